The molecule has 90 valence electrons. The molecule has 1 heterocycles. The van der Waals surface area contributed by atoms with Crippen LogP contribution in [0.4, 0.5) is 0 Å². The minimum atomic E-state index is -2.76. The Labute approximate surface area is 93.6 Å². The topological polar surface area (TPSA) is 46.2 Å². The quantitative estimate of drug-likeness (QED) is 0.784. The zero-order valence-corrected chi connectivity index (χ0v) is 10.9. The van der Waals surface area contributed by atoms with E-state index < -0.39 is 9.84 Å². The monoisotopic (exact) mass is 233 g/mol. The third-order valence-electron chi connectivity index (χ3n) is 3.14. The fourth-order valence-corrected chi connectivity index (χ4v) is 4.57. The molecule has 3 nitrogen and oxygen atoms in total. The number of sulfone groups is 1. The number of rotatable bonds is 5. The summed E-state index contributed by atoms with van der Waals surface area (Å²) in [4.78, 5) is 0. The van der Waals surface area contributed by atoms with Crippen LogP contribution in [-0.4, -0.2) is 32.5 Å². The van der Waals surface area contributed by atoms with Gasteiger partial charge >= 0.3 is 0 Å². The van der Waals surface area contributed by atoms with Gasteiger partial charge in [-0.3, -0.25) is 0 Å². The molecule has 0 bridgehead atoms. The number of nitrogens with one attached hydrogen (secondary N) is 1. The summed E-state index contributed by atoms with van der Waals surface area (Å²) in [6.45, 7) is 7.17. The standard InChI is InChI=1S/C11H23NO2S/c1-4-5-11(8-12-10(2)3)6-7-15(13,14)9-11/h10,12H,4-9H2,1-3H3. The molecule has 1 rings (SSSR count). The van der Waals surface area contributed by atoms with Crippen molar-refractivity contribution in [1.82, 2.24) is 5.32 Å². The molecule has 1 unspecified atom stereocenters. The molecule has 1 atom stereocenters. The van der Waals surface area contributed by atoms with E-state index in [1.54, 1.807) is 0 Å². The van der Waals surface area contributed by atoms with Crippen molar-refractivity contribution in [2.45, 2.75) is 46.1 Å². The first-order chi connectivity index (χ1) is 6.89. The lowest BCUT2D eigenvalue weighted by Crippen LogP contribution is -2.38. The van der Waals surface area contributed by atoms with Gasteiger partial charge < -0.3 is 5.32 Å². The van der Waals surface area contributed by atoms with Crippen LogP contribution in [0.25, 0.3) is 0 Å². The number of hydrogen-bond donors (Lipinski definition) is 1. The Morgan fingerprint density at radius 3 is 2.47 bits per heavy atom. The molecular formula is C11H23NO2S. The molecule has 1 saturated heterocycles. The lowest BCUT2D eigenvalue weighted by atomic mass is 9.83. The fraction of sp³-hybridized carbons (Fsp3) is 1.00. The summed E-state index contributed by atoms with van der Waals surface area (Å²) < 4.78 is 23.1. The summed E-state index contributed by atoms with van der Waals surface area (Å²) in [7, 11) is -2.76. The Morgan fingerprint density at radius 1 is 1.40 bits per heavy atom. The van der Waals surface area contributed by atoms with E-state index in [0.29, 0.717) is 17.5 Å². The normalized spacial score (nSPS) is 29.9. The fourth-order valence-electron chi connectivity index (χ4n) is 2.36. The van der Waals surface area contributed by atoms with Crippen LogP contribution in [0.2, 0.25) is 0 Å². The highest BCUT2D eigenvalue weighted by Gasteiger charge is 2.41. The van der Waals surface area contributed by atoms with Crippen molar-refractivity contribution >= 4 is 9.84 Å². The minimum absolute atomic E-state index is 0.0118. The van der Waals surface area contributed by atoms with E-state index in [2.05, 4.69) is 26.1 Å². The van der Waals surface area contributed by atoms with E-state index in [1.807, 2.05) is 0 Å². The van der Waals surface area contributed by atoms with Crippen LogP contribution in [0.5, 0.6) is 0 Å². The summed E-state index contributed by atoms with van der Waals surface area (Å²) in [6, 6.07) is 0.432. The van der Waals surface area contributed by atoms with Crippen LogP contribution in [-0.2, 0) is 9.84 Å². The third-order valence-corrected chi connectivity index (χ3v) is 5.01. The van der Waals surface area contributed by atoms with E-state index in [0.717, 1.165) is 25.8 Å². The van der Waals surface area contributed by atoms with Crippen molar-refractivity contribution < 1.29 is 8.42 Å². The molecule has 0 saturated carbocycles. The summed E-state index contributed by atoms with van der Waals surface area (Å²) >= 11 is 0. The van der Waals surface area contributed by atoms with Crippen LogP contribution >= 0.6 is 0 Å². The van der Waals surface area contributed by atoms with Crippen LogP contribution in [0.15, 0.2) is 0 Å². The van der Waals surface area contributed by atoms with Gasteiger partial charge in [-0.2, -0.15) is 0 Å². The van der Waals surface area contributed by atoms with Gasteiger partial charge in [0.2, 0.25) is 0 Å². The maximum absolute atomic E-state index is 11.5. The molecule has 1 aliphatic heterocycles. The Balaban J connectivity index is 2.64. The molecule has 1 aliphatic rings. The van der Waals surface area contributed by atoms with Crippen molar-refractivity contribution in [3.8, 4) is 0 Å². The van der Waals surface area contributed by atoms with E-state index in [1.165, 1.54) is 0 Å². The Kier molecular flexibility index (Phi) is 4.18. The smallest absolute Gasteiger partial charge is 0.150 e. The largest absolute Gasteiger partial charge is 0.314 e. The van der Waals surface area contributed by atoms with Gasteiger partial charge in [0.25, 0.3) is 0 Å². The Hall–Kier alpha value is -0.0900. The van der Waals surface area contributed by atoms with Crippen molar-refractivity contribution in [1.29, 1.82) is 0 Å². The second-order valence-corrected chi connectivity index (χ2v) is 7.31. The Morgan fingerprint density at radius 2 is 2.07 bits per heavy atom. The van der Waals surface area contributed by atoms with Crippen molar-refractivity contribution in [2.24, 2.45) is 5.41 Å². The lowest BCUT2D eigenvalue weighted by Gasteiger charge is -2.28. The SMILES string of the molecule is CCCC1(CNC(C)C)CCS(=O)(=O)C1. The van der Waals surface area contributed by atoms with E-state index in [4.69, 9.17) is 0 Å². The molecule has 0 radical (unpaired) electrons. The van der Waals surface area contributed by atoms with Gasteiger partial charge in [0.1, 0.15) is 0 Å². The van der Waals surface area contributed by atoms with Gasteiger partial charge in [-0.05, 0) is 18.3 Å². The first-order valence-electron chi connectivity index (χ1n) is 5.83. The maximum Gasteiger partial charge on any atom is 0.150 e. The molecule has 4 heteroatoms. The predicted octanol–water partition coefficient (Wildman–Crippen LogP) is 1.59. The summed E-state index contributed by atoms with van der Waals surface area (Å²) in [5.74, 6) is 0.764. The zero-order valence-electron chi connectivity index (χ0n) is 10.0. The molecule has 1 fully saturated rings. The summed E-state index contributed by atoms with van der Waals surface area (Å²) in [5, 5.41) is 3.39. The zero-order chi connectivity index (χ0) is 11.5. The second-order valence-electron chi connectivity index (χ2n) is 5.13. The van der Waals surface area contributed by atoms with Crippen molar-refractivity contribution in [3.05, 3.63) is 0 Å². The Bertz CT molecular complexity index is 298. The summed E-state index contributed by atoms with van der Waals surface area (Å²) in [6.07, 6.45) is 2.92. The number of hydrogen-bond acceptors (Lipinski definition) is 3. The van der Waals surface area contributed by atoms with E-state index in [9.17, 15) is 8.42 Å². The molecule has 0 amide bonds. The second kappa shape index (κ2) is 4.83. The lowest BCUT2D eigenvalue weighted by molar-refractivity contribution is 0.278. The van der Waals surface area contributed by atoms with Crippen LogP contribution in [0, 0.1) is 5.41 Å². The average Bonchev–Trinajstić information content (AvgIpc) is 2.40. The third kappa shape index (κ3) is 3.76. The molecule has 15 heavy (non-hydrogen) atoms. The van der Waals surface area contributed by atoms with Gasteiger partial charge in [-0.25, -0.2) is 8.42 Å². The highest BCUT2D eigenvalue weighted by molar-refractivity contribution is 7.91. The van der Waals surface area contributed by atoms with E-state index in [-0.39, 0.29) is 5.41 Å². The molecule has 1 N–H and O–H groups in total. The average molecular weight is 233 g/mol. The molecule has 0 aliphatic carbocycles. The molecule has 0 spiro atoms. The predicted molar refractivity (Wildman–Crippen MR) is 63.8 cm³/mol. The molecule has 0 aromatic heterocycles. The molecule has 0 aromatic rings. The van der Waals surface area contributed by atoms with Crippen molar-refractivity contribution in [3.63, 3.8) is 0 Å². The highest BCUT2D eigenvalue weighted by Crippen LogP contribution is 2.36. The van der Waals surface area contributed by atoms with Gasteiger partial charge in [-0.15, -0.1) is 0 Å². The summed E-state index contributed by atoms with van der Waals surface area (Å²) in [5.41, 5.74) is 0.0118. The minimum Gasteiger partial charge on any atom is -0.314 e. The van der Waals surface area contributed by atoms with Crippen LogP contribution < -0.4 is 5.32 Å². The van der Waals surface area contributed by atoms with Gasteiger partial charge in [0.15, 0.2) is 9.84 Å². The van der Waals surface area contributed by atoms with Crippen LogP contribution in [0.1, 0.15) is 40.0 Å². The van der Waals surface area contributed by atoms with E-state index >= 15 is 0 Å². The van der Waals surface area contributed by atoms with Crippen LogP contribution in [0.3, 0.4) is 0 Å². The van der Waals surface area contributed by atoms with Crippen molar-refractivity contribution in [2.75, 3.05) is 18.1 Å². The first kappa shape index (κ1) is 13.0. The van der Waals surface area contributed by atoms with Gasteiger partial charge in [-0.1, -0.05) is 27.2 Å². The first-order valence-corrected chi connectivity index (χ1v) is 7.65. The van der Waals surface area contributed by atoms with Gasteiger partial charge in [0.05, 0.1) is 11.5 Å². The maximum atomic E-state index is 11.5. The van der Waals surface area contributed by atoms with Gasteiger partial charge in [0, 0.05) is 12.6 Å². The molecule has 0 aromatic carbocycles. The highest BCUT2D eigenvalue weighted by atomic mass is 32.2. The molecular weight excluding hydrogens is 210 g/mol.